The van der Waals surface area contributed by atoms with Crippen molar-refractivity contribution in [3.05, 3.63) is 28.2 Å². The van der Waals surface area contributed by atoms with Crippen LogP contribution in [0.25, 0.3) is 0 Å². The molecule has 0 bridgehead atoms. The monoisotopic (exact) mass is 405 g/mol. The number of anilines is 1. The summed E-state index contributed by atoms with van der Waals surface area (Å²) in [6.07, 6.45) is 2.02. The second-order valence-corrected chi connectivity index (χ2v) is 8.90. The van der Waals surface area contributed by atoms with Crippen molar-refractivity contribution in [2.24, 2.45) is 0 Å². The maximum atomic E-state index is 12.6. The Bertz CT molecular complexity index is 763. The fraction of sp³-hybridized carbons (Fsp3) is 0.231. The van der Waals surface area contributed by atoms with Gasteiger partial charge in [-0.05, 0) is 24.5 Å². The molecule has 0 N–H and O–H groups in total. The fourth-order valence-corrected chi connectivity index (χ4v) is 5.30. The molecular weight excluding hydrogens is 397 g/mol. The van der Waals surface area contributed by atoms with Crippen LogP contribution >= 0.6 is 58.1 Å². The molecule has 0 spiro atoms. The highest BCUT2D eigenvalue weighted by molar-refractivity contribution is 8.03. The van der Waals surface area contributed by atoms with E-state index >= 15 is 0 Å². The van der Waals surface area contributed by atoms with Gasteiger partial charge in [0.2, 0.25) is 11.8 Å². The molecule has 2 amide bonds. The second-order valence-electron chi connectivity index (χ2n) is 4.54. The summed E-state index contributed by atoms with van der Waals surface area (Å²) >= 11 is 16.1. The lowest BCUT2D eigenvalue weighted by Crippen LogP contribution is -2.31. The van der Waals surface area contributed by atoms with Crippen LogP contribution < -0.4 is 4.90 Å². The highest BCUT2D eigenvalue weighted by Crippen LogP contribution is 2.37. The molecule has 23 heavy (non-hydrogen) atoms. The molecule has 3 rings (SSSR count). The van der Waals surface area contributed by atoms with Crippen LogP contribution in [0.3, 0.4) is 0 Å². The van der Waals surface area contributed by atoms with E-state index < -0.39 is 5.25 Å². The summed E-state index contributed by atoms with van der Waals surface area (Å²) in [7, 11) is 0. The molecule has 1 aliphatic rings. The molecule has 1 fully saturated rings. The fourth-order valence-electron chi connectivity index (χ4n) is 2.08. The Hall–Kier alpha value is -0.800. The predicted molar refractivity (Wildman–Crippen MR) is 94.9 cm³/mol. The summed E-state index contributed by atoms with van der Waals surface area (Å²) in [5.74, 6) is -0.570. The lowest BCUT2D eigenvalue weighted by molar-refractivity contribution is -0.121. The van der Waals surface area contributed by atoms with E-state index in [1.54, 1.807) is 18.2 Å². The molecule has 0 saturated carbocycles. The molecule has 2 aromatic rings. The minimum Gasteiger partial charge on any atom is -0.274 e. The van der Waals surface area contributed by atoms with Gasteiger partial charge in [-0.15, -0.1) is 10.2 Å². The van der Waals surface area contributed by atoms with Gasteiger partial charge in [0.25, 0.3) is 0 Å². The van der Waals surface area contributed by atoms with Crippen molar-refractivity contribution < 1.29 is 9.59 Å². The molecule has 1 saturated heterocycles. The van der Waals surface area contributed by atoms with E-state index in [9.17, 15) is 9.59 Å². The lowest BCUT2D eigenvalue weighted by atomic mass is 10.3. The smallest absolute Gasteiger partial charge is 0.247 e. The number of rotatable bonds is 4. The van der Waals surface area contributed by atoms with Gasteiger partial charge in [-0.1, -0.05) is 58.1 Å². The first-order valence-electron chi connectivity index (χ1n) is 6.35. The number of thioether (sulfide) groups is 2. The normalized spacial score (nSPS) is 18.0. The number of carbonyl (C=O) groups is 2. The quantitative estimate of drug-likeness (QED) is 0.565. The number of carbonyl (C=O) groups excluding carboxylic acids is 2. The van der Waals surface area contributed by atoms with E-state index in [2.05, 4.69) is 10.2 Å². The van der Waals surface area contributed by atoms with E-state index in [0.717, 1.165) is 9.24 Å². The van der Waals surface area contributed by atoms with Crippen LogP contribution in [0.15, 0.2) is 26.9 Å². The minimum absolute atomic E-state index is 0.113. The molecule has 1 atom stereocenters. The van der Waals surface area contributed by atoms with Gasteiger partial charge in [0.15, 0.2) is 8.68 Å². The number of nitrogens with zero attached hydrogens (tertiary/aromatic N) is 3. The molecular formula is C13H9Cl2N3O2S3. The van der Waals surface area contributed by atoms with E-state index in [0.29, 0.717) is 20.1 Å². The summed E-state index contributed by atoms with van der Waals surface area (Å²) in [5, 5.41) is 8.24. The van der Waals surface area contributed by atoms with Crippen molar-refractivity contribution in [2.75, 3.05) is 11.2 Å². The van der Waals surface area contributed by atoms with Gasteiger partial charge in [0, 0.05) is 16.5 Å². The SMILES string of the molecule is CSc1nnc(S[C@H]2CC(=O)N(c3cc(Cl)cc(Cl)c3)C2=O)s1. The lowest BCUT2D eigenvalue weighted by Gasteiger charge is -2.15. The maximum Gasteiger partial charge on any atom is 0.247 e. The molecule has 1 aliphatic heterocycles. The van der Waals surface area contributed by atoms with Crippen LogP contribution in [0.5, 0.6) is 0 Å². The summed E-state index contributed by atoms with van der Waals surface area (Å²) in [6.45, 7) is 0. The molecule has 0 unspecified atom stereocenters. The van der Waals surface area contributed by atoms with Gasteiger partial charge < -0.3 is 0 Å². The average molecular weight is 406 g/mol. The maximum absolute atomic E-state index is 12.6. The van der Waals surface area contributed by atoms with Gasteiger partial charge in [-0.25, -0.2) is 4.90 Å². The number of hydrogen-bond donors (Lipinski definition) is 0. The number of benzene rings is 1. The summed E-state index contributed by atoms with van der Waals surface area (Å²) < 4.78 is 1.49. The van der Waals surface area contributed by atoms with Gasteiger partial charge in [-0.3, -0.25) is 9.59 Å². The topological polar surface area (TPSA) is 63.2 Å². The molecule has 1 aromatic heterocycles. The van der Waals surface area contributed by atoms with Crippen molar-refractivity contribution in [3.8, 4) is 0 Å². The number of amides is 2. The van der Waals surface area contributed by atoms with Gasteiger partial charge in [0.05, 0.1) is 5.69 Å². The molecule has 120 valence electrons. The molecule has 0 aliphatic carbocycles. The minimum atomic E-state index is -0.511. The van der Waals surface area contributed by atoms with Crippen LogP contribution in [0.2, 0.25) is 10.0 Å². The third kappa shape index (κ3) is 3.66. The number of imide groups is 1. The third-order valence-electron chi connectivity index (χ3n) is 3.02. The van der Waals surface area contributed by atoms with E-state index in [1.807, 2.05) is 6.26 Å². The molecule has 5 nitrogen and oxygen atoms in total. The van der Waals surface area contributed by atoms with Gasteiger partial charge in [-0.2, -0.15) is 0 Å². The Morgan fingerprint density at radius 1 is 1.17 bits per heavy atom. The Kier molecular flexibility index (Phi) is 5.17. The van der Waals surface area contributed by atoms with Gasteiger partial charge >= 0.3 is 0 Å². The Balaban J connectivity index is 1.82. The van der Waals surface area contributed by atoms with Crippen LogP contribution in [0, 0.1) is 0 Å². The van der Waals surface area contributed by atoms with E-state index in [1.165, 1.54) is 34.9 Å². The highest BCUT2D eigenvalue weighted by Gasteiger charge is 2.41. The Morgan fingerprint density at radius 3 is 2.43 bits per heavy atom. The number of hydrogen-bond acceptors (Lipinski definition) is 7. The molecule has 10 heteroatoms. The summed E-state index contributed by atoms with van der Waals surface area (Å²) in [5.41, 5.74) is 0.391. The largest absolute Gasteiger partial charge is 0.274 e. The zero-order chi connectivity index (χ0) is 16.6. The van der Waals surface area contributed by atoms with Crippen LogP contribution in [-0.2, 0) is 9.59 Å². The zero-order valence-corrected chi connectivity index (χ0v) is 15.6. The van der Waals surface area contributed by atoms with Crippen LogP contribution in [0.1, 0.15) is 6.42 Å². The Labute approximate surface area is 154 Å². The first-order valence-corrected chi connectivity index (χ1v) is 10.0. The zero-order valence-electron chi connectivity index (χ0n) is 11.7. The van der Waals surface area contributed by atoms with Crippen LogP contribution in [0.4, 0.5) is 5.69 Å². The third-order valence-corrected chi connectivity index (χ3v) is 6.62. The van der Waals surface area contributed by atoms with Crippen molar-refractivity contribution in [3.63, 3.8) is 0 Å². The standard InChI is InChI=1S/C13H9Cl2N3O2S3/c1-21-12-16-17-13(23-12)22-9-5-10(19)18(11(9)20)8-3-6(14)2-7(15)4-8/h2-4,9H,5H2,1H3/t9-/m0/s1. The predicted octanol–water partition coefficient (Wildman–Crippen LogP) is 3.99. The molecule has 1 aromatic carbocycles. The van der Waals surface area contributed by atoms with Crippen molar-refractivity contribution in [2.45, 2.75) is 20.4 Å². The molecule has 2 heterocycles. The van der Waals surface area contributed by atoms with Crippen LogP contribution in [-0.4, -0.2) is 33.5 Å². The highest BCUT2D eigenvalue weighted by atomic mass is 35.5. The Morgan fingerprint density at radius 2 is 1.83 bits per heavy atom. The van der Waals surface area contributed by atoms with Gasteiger partial charge in [0.1, 0.15) is 5.25 Å². The number of halogens is 2. The average Bonchev–Trinajstić information content (AvgIpc) is 3.03. The van der Waals surface area contributed by atoms with Crippen molar-refractivity contribution >= 4 is 75.6 Å². The van der Waals surface area contributed by atoms with E-state index in [-0.39, 0.29) is 18.2 Å². The van der Waals surface area contributed by atoms with E-state index in [4.69, 9.17) is 23.2 Å². The number of aromatic nitrogens is 2. The summed E-state index contributed by atoms with van der Waals surface area (Å²) in [6, 6.07) is 4.65. The second kappa shape index (κ2) is 6.98. The molecule has 0 radical (unpaired) electrons. The first kappa shape index (κ1) is 17.0. The van der Waals surface area contributed by atoms with Crippen molar-refractivity contribution in [1.82, 2.24) is 10.2 Å². The van der Waals surface area contributed by atoms with Crippen molar-refractivity contribution in [1.29, 1.82) is 0 Å². The first-order chi connectivity index (χ1) is 11.0. The summed E-state index contributed by atoms with van der Waals surface area (Å²) in [4.78, 5) is 25.9.